The largest absolute Gasteiger partial charge is 0.396 e. The summed E-state index contributed by atoms with van der Waals surface area (Å²) in [5, 5.41) is 9.31. The zero-order valence-corrected chi connectivity index (χ0v) is 10.5. The Hall–Kier alpha value is -0.197. The summed E-state index contributed by atoms with van der Waals surface area (Å²) < 4.78 is 0. The molecule has 2 rings (SSSR count). The molecular formula is C12H14OZr. The average Bonchev–Trinajstić information content (AvgIpc) is 2.76. The van der Waals surface area contributed by atoms with Crippen molar-refractivity contribution in [3.63, 3.8) is 0 Å². The zero-order valence-electron chi connectivity index (χ0n) is 8.01. The van der Waals surface area contributed by atoms with E-state index in [9.17, 15) is 5.11 Å². The molecule has 0 aliphatic heterocycles. The van der Waals surface area contributed by atoms with Crippen molar-refractivity contribution >= 4 is 0 Å². The van der Waals surface area contributed by atoms with Gasteiger partial charge < -0.3 is 5.11 Å². The molecule has 0 saturated carbocycles. The fourth-order valence-corrected chi connectivity index (χ4v) is 1.97. The van der Waals surface area contributed by atoms with Gasteiger partial charge in [-0.25, -0.2) is 0 Å². The van der Waals surface area contributed by atoms with E-state index in [2.05, 4.69) is 48.6 Å². The first-order chi connectivity index (χ1) is 6.42. The molecule has 1 N–H and O–H groups in total. The van der Waals surface area contributed by atoms with Gasteiger partial charge in [0.2, 0.25) is 0 Å². The third-order valence-corrected chi connectivity index (χ3v) is 2.76. The summed E-state index contributed by atoms with van der Waals surface area (Å²) in [5.74, 6) is 1.12. The molecule has 14 heavy (non-hydrogen) atoms. The maximum Gasteiger partial charge on any atom is 0.0476 e. The standard InChI is InChI=1S/C12H14O.Zr/c13-9-12(10-5-1-2-6-10)11-7-3-4-8-11;/h1-8,10-13H,9H2;. The van der Waals surface area contributed by atoms with Crippen LogP contribution in [0.15, 0.2) is 48.6 Å². The Kier molecular flexibility index (Phi) is 4.77. The van der Waals surface area contributed by atoms with E-state index in [-0.39, 0.29) is 32.8 Å². The first-order valence-corrected chi connectivity index (χ1v) is 4.72. The molecule has 0 aromatic carbocycles. The fraction of sp³-hybridized carbons (Fsp3) is 0.333. The molecule has 72 valence electrons. The molecule has 0 bridgehead atoms. The second-order valence-electron chi connectivity index (χ2n) is 3.54. The molecule has 0 aromatic heterocycles. The van der Waals surface area contributed by atoms with Crippen LogP contribution in [0.2, 0.25) is 0 Å². The number of aliphatic hydroxyl groups excluding tert-OH is 1. The van der Waals surface area contributed by atoms with Gasteiger partial charge in [-0.05, 0) is 0 Å². The molecule has 2 aliphatic carbocycles. The number of rotatable bonds is 3. The minimum Gasteiger partial charge on any atom is -0.396 e. The van der Waals surface area contributed by atoms with Crippen LogP contribution in [0.5, 0.6) is 0 Å². The van der Waals surface area contributed by atoms with Crippen molar-refractivity contribution in [3.05, 3.63) is 48.6 Å². The van der Waals surface area contributed by atoms with Crippen LogP contribution in [0.4, 0.5) is 0 Å². The number of hydrogen-bond acceptors (Lipinski definition) is 1. The Balaban J connectivity index is 0.000000980. The first-order valence-electron chi connectivity index (χ1n) is 4.72. The summed E-state index contributed by atoms with van der Waals surface area (Å²) in [6, 6.07) is 0. The van der Waals surface area contributed by atoms with Crippen LogP contribution in [0, 0.1) is 17.8 Å². The molecule has 1 nitrogen and oxygen atoms in total. The Morgan fingerprint density at radius 3 is 1.50 bits per heavy atom. The van der Waals surface area contributed by atoms with Gasteiger partial charge in [0.15, 0.2) is 0 Å². The Morgan fingerprint density at radius 2 is 1.21 bits per heavy atom. The van der Waals surface area contributed by atoms with Crippen LogP contribution in [0.25, 0.3) is 0 Å². The molecule has 0 unspecified atom stereocenters. The predicted molar refractivity (Wildman–Crippen MR) is 54.1 cm³/mol. The third kappa shape index (κ3) is 2.43. The molecule has 0 fully saturated rings. The molecule has 2 heteroatoms. The zero-order chi connectivity index (χ0) is 9.10. The van der Waals surface area contributed by atoms with E-state index in [1.165, 1.54) is 0 Å². The summed E-state index contributed by atoms with van der Waals surface area (Å²) >= 11 is 0. The van der Waals surface area contributed by atoms with E-state index >= 15 is 0 Å². The van der Waals surface area contributed by atoms with E-state index in [1.54, 1.807) is 0 Å². The van der Waals surface area contributed by atoms with Crippen LogP contribution in [-0.4, -0.2) is 11.7 Å². The quantitative estimate of drug-likeness (QED) is 0.828. The summed E-state index contributed by atoms with van der Waals surface area (Å²) in [4.78, 5) is 0. The average molecular weight is 265 g/mol. The molecule has 0 atom stereocenters. The van der Waals surface area contributed by atoms with Crippen molar-refractivity contribution in [1.29, 1.82) is 0 Å². The van der Waals surface area contributed by atoms with Gasteiger partial charge in [0.1, 0.15) is 0 Å². The molecular weight excluding hydrogens is 251 g/mol. The molecule has 0 radical (unpaired) electrons. The maximum absolute atomic E-state index is 9.31. The normalized spacial score (nSPS) is 19.9. The monoisotopic (exact) mass is 264 g/mol. The second-order valence-corrected chi connectivity index (χ2v) is 3.54. The smallest absolute Gasteiger partial charge is 0.0476 e. The fourth-order valence-electron chi connectivity index (χ4n) is 1.97. The predicted octanol–water partition coefficient (Wildman–Crippen LogP) is 2.08. The second kappa shape index (κ2) is 5.63. The van der Waals surface area contributed by atoms with Crippen LogP contribution < -0.4 is 0 Å². The maximum atomic E-state index is 9.31. The molecule has 0 heterocycles. The first kappa shape index (κ1) is 11.9. The summed E-state index contributed by atoms with van der Waals surface area (Å²) in [6.45, 7) is 0.249. The van der Waals surface area contributed by atoms with E-state index in [4.69, 9.17) is 0 Å². The minimum absolute atomic E-state index is 0. The Bertz CT molecular complexity index is 237. The van der Waals surface area contributed by atoms with Gasteiger partial charge in [-0.2, -0.15) is 0 Å². The Labute approximate surface area is 104 Å². The van der Waals surface area contributed by atoms with Gasteiger partial charge in [0.25, 0.3) is 0 Å². The number of hydrogen-bond donors (Lipinski definition) is 1. The van der Waals surface area contributed by atoms with Crippen LogP contribution in [0.1, 0.15) is 0 Å². The van der Waals surface area contributed by atoms with Crippen molar-refractivity contribution < 1.29 is 31.3 Å². The van der Waals surface area contributed by atoms with Crippen LogP contribution >= 0.6 is 0 Å². The van der Waals surface area contributed by atoms with Gasteiger partial charge in [-0.1, -0.05) is 48.6 Å². The van der Waals surface area contributed by atoms with E-state index < -0.39 is 0 Å². The molecule has 0 saturated heterocycles. The van der Waals surface area contributed by atoms with Gasteiger partial charge >= 0.3 is 0 Å². The summed E-state index contributed by atoms with van der Waals surface area (Å²) in [7, 11) is 0. The summed E-state index contributed by atoms with van der Waals surface area (Å²) in [6.07, 6.45) is 16.8. The van der Waals surface area contributed by atoms with Crippen LogP contribution in [0.3, 0.4) is 0 Å². The van der Waals surface area contributed by atoms with Gasteiger partial charge in [-0.15, -0.1) is 0 Å². The Morgan fingerprint density at radius 1 is 0.857 bits per heavy atom. The molecule has 0 aromatic rings. The summed E-state index contributed by atoms with van der Waals surface area (Å²) in [5.41, 5.74) is 0. The van der Waals surface area contributed by atoms with Gasteiger partial charge in [-0.3, -0.25) is 0 Å². The third-order valence-electron chi connectivity index (χ3n) is 2.76. The van der Waals surface area contributed by atoms with E-state index in [0.29, 0.717) is 17.8 Å². The number of allylic oxidation sites excluding steroid dienone is 8. The van der Waals surface area contributed by atoms with E-state index in [0.717, 1.165) is 0 Å². The molecule has 2 aliphatic rings. The van der Waals surface area contributed by atoms with Crippen molar-refractivity contribution in [1.82, 2.24) is 0 Å². The van der Waals surface area contributed by atoms with Gasteiger partial charge in [0, 0.05) is 50.6 Å². The number of aliphatic hydroxyl groups is 1. The van der Waals surface area contributed by atoms with Crippen molar-refractivity contribution in [2.24, 2.45) is 17.8 Å². The van der Waals surface area contributed by atoms with Crippen molar-refractivity contribution in [3.8, 4) is 0 Å². The van der Waals surface area contributed by atoms with E-state index in [1.807, 2.05) is 0 Å². The van der Waals surface area contributed by atoms with Crippen molar-refractivity contribution in [2.75, 3.05) is 6.61 Å². The molecule has 0 spiro atoms. The minimum atomic E-state index is 0. The van der Waals surface area contributed by atoms with Gasteiger partial charge in [0.05, 0.1) is 0 Å². The molecule has 0 amide bonds. The SMILES string of the molecule is OCC(C1C=CC=C1)C1C=CC=C1.[Zr]. The van der Waals surface area contributed by atoms with Crippen molar-refractivity contribution in [2.45, 2.75) is 0 Å². The topological polar surface area (TPSA) is 20.2 Å². The van der Waals surface area contributed by atoms with Crippen LogP contribution in [-0.2, 0) is 26.2 Å².